The van der Waals surface area contributed by atoms with Gasteiger partial charge in [-0.2, -0.15) is 0 Å². The van der Waals surface area contributed by atoms with Crippen LogP contribution in [0.25, 0.3) is 0 Å². The number of aryl methyl sites for hydroxylation is 1. The van der Waals surface area contributed by atoms with Crippen LogP contribution in [-0.4, -0.2) is 16.7 Å². The number of hydrogen-bond acceptors (Lipinski definition) is 5. The smallest absolute Gasteiger partial charge is 0.343 e. The van der Waals surface area contributed by atoms with Gasteiger partial charge < -0.3 is 4.74 Å². The molecule has 0 heterocycles. The topological polar surface area (TPSA) is 86.5 Å². The number of ether oxygens (including phenoxy) is 1. The van der Waals surface area contributed by atoms with Crippen molar-refractivity contribution in [2.45, 2.75) is 26.2 Å². The average molecular weight is 325 g/mol. The summed E-state index contributed by atoms with van der Waals surface area (Å²) in [7, 11) is 0. The predicted molar refractivity (Wildman–Crippen MR) is 86.5 cm³/mol. The van der Waals surface area contributed by atoms with Crippen molar-refractivity contribution in [2.75, 3.05) is 0 Å². The lowest BCUT2D eigenvalue weighted by Crippen LogP contribution is -2.17. The van der Waals surface area contributed by atoms with E-state index in [-0.39, 0.29) is 22.8 Å². The first-order valence-electron chi connectivity index (χ1n) is 7.59. The molecule has 0 unspecified atom stereocenters. The Morgan fingerprint density at radius 1 is 1.12 bits per heavy atom. The molecule has 24 heavy (non-hydrogen) atoms. The number of nitro benzene ring substituents is 1. The molecule has 0 bridgehead atoms. The molecule has 122 valence electrons. The van der Waals surface area contributed by atoms with Crippen LogP contribution in [0.5, 0.6) is 5.75 Å². The number of nitrogens with zero attached hydrogens (tertiary/aromatic N) is 1. The second-order valence-corrected chi connectivity index (χ2v) is 5.70. The summed E-state index contributed by atoms with van der Waals surface area (Å²) in [6, 6.07) is 8.61. The molecule has 1 aliphatic rings. The van der Waals surface area contributed by atoms with E-state index in [0.717, 1.165) is 24.0 Å². The van der Waals surface area contributed by atoms with Gasteiger partial charge in [-0.25, -0.2) is 4.79 Å². The zero-order valence-electron chi connectivity index (χ0n) is 13.1. The highest BCUT2D eigenvalue weighted by atomic mass is 16.6. The van der Waals surface area contributed by atoms with E-state index in [9.17, 15) is 19.7 Å². The maximum atomic E-state index is 12.3. The van der Waals surface area contributed by atoms with Gasteiger partial charge in [0.2, 0.25) is 0 Å². The Labute approximate surface area is 138 Å². The molecule has 6 heteroatoms. The van der Waals surface area contributed by atoms with Gasteiger partial charge in [-0.3, -0.25) is 14.9 Å². The molecule has 1 aliphatic carbocycles. The third kappa shape index (κ3) is 2.90. The Hall–Kier alpha value is -3.02. The SMILES string of the molecule is Cc1ccc(OC(=O)c2ccc([N+](=O)[O-])cc2)c2c1CCCC2=O. The zero-order chi connectivity index (χ0) is 17.3. The van der Waals surface area contributed by atoms with Gasteiger partial charge in [-0.15, -0.1) is 0 Å². The van der Waals surface area contributed by atoms with Gasteiger partial charge >= 0.3 is 5.97 Å². The molecule has 0 aliphatic heterocycles. The molecule has 6 nitrogen and oxygen atoms in total. The first-order valence-corrected chi connectivity index (χ1v) is 7.59. The van der Waals surface area contributed by atoms with Crippen LogP contribution in [0.2, 0.25) is 0 Å². The number of fused-ring (bicyclic) bond motifs is 1. The molecule has 3 rings (SSSR count). The lowest BCUT2D eigenvalue weighted by atomic mass is 9.87. The Morgan fingerprint density at radius 3 is 2.50 bits per heavy atom. The third-order valence-corrected chi connectivity index (χ3v) is 4.13. The van der Waals surface area contributed by atoms with Crippen LogP contribution in [0.1, 0.15) is 44.7 Å². The fourth-order valence-electron chi connectivity index (χ4n) is 2.87. The van der Waals surface area contributed by atoms with E-state index in [1.807, 2.05) is 13.0 Å². The van der Waals surface area contributed by atoms with Crippen LogP contribution in [0.4, 0.5) is 5.69 Å². The first kappa shape index (κ1) is 15.9. The normalized spacial score (nSPS) is 13.3. The minimum absolute atomic E-state index is 0.0218. The molecular formula is C18H15NO5. The largest absolute Gasteiger partial charge is 0.422 e. The molecule has 2 aromatic rings. The van der Waals surface area contributed by atoms with E-state index >= 15 is 0 Å². The summed E-state index contributed by atoms with van der Waals surface area (Å²) in [5, 5.41) is 10.7. The second kappa shape index (κ2) is 6.23. The molecule has 0 aromatic heterocycles. The quantitative estimate of drug-likeness (QED) is 0.372. The molecule has 0 spiro atoms. The van der Waals surface area contributed by atoms with Gasteiger partial charge in [0.1, 0.15) is 5.75 Å². The summed E-state index contributed by atoms with van der Waals surface area (Å²) in [5.41, 5.74) is 2.51. The van der Waals surface area contributed by atoms with E-state index < -0.39 is 10.9 Å². The van der Waals surface area contributed by atoms with Gasteiger partial charge in [0.05, 0.1) is 16.1 Å². The molecule has 0 amide bonds. The minimum Gasteiger partial charge on any atom is -0.422 e. The van der Waals surface area contributed by atoms with Crippen molar-refractivity contribution in [3.05, 3.63) is 68.8 Å². The van der Waals surface area contributed by atoms with E-state index in [1.165, 1.54) is 24.3 Å². The van der Waals surface area contributed by atoms with Crippen LogP contribution < -0.4 is 4.74 Å². The van der Waals surface area contributed by atoms with Gasteiger partial charge in [0, 0.05) is 18.6 Å². The summed E-state index contributed by atoms with van der Waals surface area (Å²) in [4.78, 5) is 34.6. The highest BCUT2D eigenvalue weighted by Crippen LogP contribution is 2.32. The number of benzene rings is 2. The number of ketones is 1. The first-order chi connectivity index (χ1) is 11.5. The Morgan fingerprint density at radius 2 is 1.83 bits per heavy atom. The van der Waals surface area contributed by atoms with Gasteiger partial charge in [-0.1, -0.05) is 6.07 Å². The summed E-state index contributed by atoms with van der Waals surface area (Å²) in [5.74, 6) is -0.413. The molecule has 0 saturated heterocycles. The number of esters is 1. The molecule has 0 radical (unpaired) electrons. The summed E-state index contributed by atoms with van der Waals surface area (Å²) < 4.78 is 5.39. The van der Waals surface area contributed by atoms with Crippen molar-refractivity contribution < 1.29 is 19.2 Å². The Kier molecular flexibility index (Phi) is 4.12. The zero-order valence-corrected chi connectivity index (χ0v) is 13.1. The number of hydrogen-bond donors (Lipinski definition) is 0. The monoisotopic (exact) mass is 325 g/mol. The van der Waals surface area contributed by atoms with Crippen molar-refractivity contribution in [1.29, 1.82) is 0 Å². The van der Waals surface area contributed by atoms with E-state index in [1.54, 1.807) is 6.07 Å². The van der Waals surface area contributed by atoms with Crippen LogP contribution in [0.15, 0.2) is 36.4 Å². The molecule has 2 aromatic carbocycles. The van der Waals surface area contributed by atoms with Crippen molar-refractivity contribution >= 4 is 17.4 Å². The molecule has 0 N–H and O–H groups in total. The number of non-ortho nitro benzene ring substituents is 1. The van der Waals surface area contributed by atoms with Gasteiger partial charge in [0.15, 0.2) is 5.78 Å². The summed E-state index contributed by atoms with van der Waals surface area (Å²) >= 11 is 0. The average Bonchev–Trinajstić information content (AvgIpc) is 2.57. The van der Waals surface area contributed by atoms with Crippen molar-refractivity contribution in [3.63, 3.8) is 0 Å². The van der Waals surface area contributed by atoms with Gasteiger partial charge in [-0.05, 0) is 49.1 Å². The fourth-order valence-corrected chi connectivity index (χ4v) is 2.87. The van der Waals surface area contributed by atoms with E-state index in [4.69, 9.17) is 4.74 Å². The number of nitro groups is 1. The predicted octanol–water partition coefficient (Wildman–Crippen LogP) is 3.64. The Balaban J connectivity index is 1.90. The maximum absolute atomic E-state index is 12.3. The molecule has 0 saturated carbocycles. The van der Waals surface area contributed by atoms with Gasteiger partial charge in [0.25, 0.3) is 5.69 Å². The van der Waals surface area contributed by atoms with Crippen molar-refractivity contribution in [3.8, 4) is 5.75 Å². The Bertz CT molecular complexity index is 839. The van der Waals surface area contributed by atoms with E-state index in [0.29, 0.717) is 12.0 Å². The van der Waals surface area contributed by atoms with E-state index in [2.05, 4.69) is 0 Å². The van der Waals surface area contributed by atoms with Crippen molar-refractivity contribution in [2.24, 2.45) is 0 Å². The second-order valence-electron chi connectivity index (χ2n) is 5.70. The number of carbonyl (C=O) groups excluding carboxylic acids is 2. The molecule has 0 fully saturated rings. The van der Waals surface area contributed by atoms with Crippen LogP contribution >= 0.6 is 0 Å². The third-order valence-electron chi connectivity index (χ3n) is 4.13. The highest BCUT2D eigenvalue weighted by Gasteiger charge is 2.24. The summed E-state index contributed by atoms with van der Waals surface area (Å²) in [6.07, 6.45) is 2.03. The minimum atomic E-state index is -0.644. The lowest BCUT2D eigenvalue weighted by molar-refractivity contribution is -0.384. The lowest BCUT2D eigenvalue weighted by Gasteiger charge is -2.20. The standard InChI is InChI=1S/C18H15NO5/c1-11-5-10-16(17-14(11)3-2-4-15(17)20)24-18(21)12-6-8-13(9-7-12)19(22)23/h5-10H,2-4H2,1H3. The number of carbonyl (C=O) groups is 2. The fraction of sp³-hybridized carbons (Fsp3) is 0.222. The maximum Gasteiger partial charge on any atom is 0.343 e. The van der Waals surface area contributed by atoms with Crippen LogP contribution in [0, 0.1) is 17.0 Å². The highest BCUT2D eigenvalue weighted by molar-refractivity contribution is 6.02. The number of Topliss-reactive ketones (excluding diaryl/α,β-unsaturated/α-hetero) is 1. The molecule has 0 atom stereocenters. The van der Waals surface area contributed by atoms with Crippen molar-refractivity contribution in [1.82, 2.24) is 0 Å². The molecular weight excluding hydrogens is 310 g/mol. The number of rotatable bonds is 3. The van der Waals surface area contributed by atoms with Crippen LogP contribution in [0.3, 0.4) is 0 Å². The van der Waals surface area contributed by atoms with Crippen LogP contribution in [-0.2, 0) is 6.42 Å². The summed E-state index contributed by atoms with van der Waals surface area (Å²) in [6.45, 7) is 1.93.